The lowest BCUT2D eigenvalue weighted by Crippen LogP contribution is -2.48. The predicted octanol–water partition coefficient (Wildman–Crippen LogP) is 12.3. The van der Waals surface area contributed by atoms with Crippen LogP contribution >= 0.6 is 0 Å². The number of para-hydroxylation sites is 1. The molecule has 8 aromatic carbocycles. The first-order valence-corrected chi connectivity index (χ1v) is 18.7. The number of hydrogen-bond acceptors (Lipinski definition) is 2. The summed E-state index contributed by atoms with van der Waals surface area (Å²) in [4.78, 5) is 0. The van der Waals surface area contributed by atoms with Crippen LogP contribution in [-0.4, -0.2) is 10.7 Å². The number of aromatic nitrogens is 1. The number of hydrogen-bond donors (Lipinski definition) is 2. The molecule has 9 aromatic rings. The van der Waals surface area contributed by atoms with Crippen LogP contribution in [0, 0.1) is 0 Å². The van der Waals surface area contributed by atoms with E-state index in [1.165, 1.54) is 81.6 Å². The zero-order valence-electron chi connectivity index (χ0n) is 29.2. The molecule has 0 bridgehead atoms. The lowest BCUT2D eigenvalue weighted by atomic mass is 9.93. The van der Waals surface area contributed by atoms with Gasteiger partial charge in [0.25, 0.3) is 0 Å². The van der Waals surface area contributed by atoms with Crippen LogP contribution in [-0.2, 0) is 0 Å². The molecule has 254 valence electrons. The van der Waals surface area contributed by atoms with Gasteiger partial charge in [-0.05, 0) is 68.9 Å². The quantitative estimate of drug-likeness (QED) is 0.182. The van der Waals surface area contributed by atoms with Crippen molar-refractivity contribution in [2.45, 2.75) is 31.3 Å². The second-order valence-electron chi connectivity index (χ2n) is 14.4. The summed E-state index contributed by atoms with van der Waals surface area (Å²) in [5, 5.41) is 25.9. The van der Waals surface area contributed by atoms with Gasteiger partial charge < -0.3 is 20.5 Å². The number of rotatable bonds is 4. The average Bonchev–Trinajstić information content (AvgIpc) is 3.59. The van der Waals surface area contributed by atoms with E-state index in [1.54, 1.807) is 0 Å². The van der Waals surface area contributed by atoms with Crippen LogP contribution in [0.5, 0.6) is 0 Å². The van der Waals surface area contributed by atoms with Gasteiger partial charge in [-0.3, -0.25) is 0 Å². The van der Waals surface area contributed by atoms with E-state index >= 15 is 0 Å². The Morgan fingerprint density at radius 2 is 1.25 bits per heavy atom. The van der Waals surface area contributed by atoms with E-state index in [1.807, 2.05) is 0 Å². The number of allylic oxidation sites excluding steroid dienone is 2. The lowest BCUT2D eigenvalue weighted by molar-refractivity contribution is 0.333. The first-order chi connectivity index (χ1) is 26.3. The molecule has 0 spiro atoms. The van der Waals surface area contributed by atoms with Crippen molar-refractivity contribution in [1.29, 1.82) is 0 Å². The summed E-state index contributed by atoms with van der Waals surface area (Å²) in [6, 6.07) is 55.6. The van der Waals surface area contributed by atoms with Crippen LogP contribution in [0.15, 0.2) is 175 Å². The number of nitrogens with zero attached hydrogens (tertiary/aromatic N) is 2. The molecular weight excluding hydrogens is 645 g/mol. The molecule has 2 N–H and O–H groups in total. The number of benzene rings is 8. The van der Waals surface area contributed by atoms with E-state index in [0.29, 0.717) is 0 Å². The molecule has 1 saturated heterocycles. The second-order valence-corrected chi connectivity index (χ2v) is 14.4. The van der Waals surface area contributed by atoms with Crippen molar-refractivity contribution in [3.8, 4) is 5.69 Å². The summed E-state index contributed by atoms with van der Waals surface area (Å²) in [6.07, 6.45) is 8.55. The molecule has 1 fully saturated rings. The molecule has 0 amide bonds. The molecule has 3 atom stereocenters. The molecule has 0 saturated carbocycles. The summed E-state index contributed by atoms with van der Waals surface area (Å²) in [7, 11) is 0. The standard InChI is InChI=1S/C49H37N4/c1-2-15-33(16-3-1)47-50-48(52-49(51-47)36-26-25-31-13-4-5-17-34(31)29-36)35-18-12-19-37(30-35)53-43-24-11-10-23-42(43)45-44-38-20-7-6-14-32(38)27-28-40(44)39-21-8-9-22-41(39)46(45)53/h2,4-30,47-50,52H,1,3H2/q-1. The molecule has 4 nitrogen and oxygen atoms in total. The molecule has 1 aliphatic heterocycles. The molecule has 2 aliphatic rings. The Labute approximate surface area is 308 Å². The molecule has 4 heteroatoms. The SMILES string of the molecule is C1=CC(C2[N-]C(c3ccc4ccccc4c3)NC(c3cccc(-n4c5ccccc5c5c6c7ccccc7ccc6c6ccccc6c54)c3)N2)=CCC1. The summed E-state index contributed by atoms with van der Waals surface area (Å²) in [5.41, 5.74) is 7.17. The Morgan fingerprint density at radius 3 is 2.11 bits per heavy atom. The molecule has 53 heavy (non-hydrogen) atoms. The highest BCUT2D eigenvalue weighted by Crippen LogP contribution is 2.45. The number of fused-ring (bicyclic) bond motifs is 11. The zero-order valence-corrected chi connectivity index (χ0v) is 29.2. The van der Waals surface area contributed by atoms with E-state index in [4.69, 9.17) is 5.32 Å². The monoisotopic (exact) mass is 681 g/mol. The van der Waals surface area contributed by atoms with E-state index in [0.717, 1.165) is 18.5 Å². The Morgan fingerprint density at radius 1 is 0.509 bits per heavy atom. The van der Waals surface area contributed by atoms with Crippen LogP contribution in [0.1, 0.15) is 36.3 Å². The van der Waals surface area contributed by atoms with Crippen molar-refractivity contribution < 1.29 is 0 Å². The van der Waals surface area contributed by atoms with E-state index in [2.05, 4.69) is 185 Å². The van der Waals surface area contributed by atoms with Gasteiger partial charge in [-0.2, -0.15) is 0 Å². The Kier molecular flexibility index (Phi) is 7.09. The van der Waals surface area contributed by atoms with Gasteiger partial charge in [0.05, 0.1) is 17.2 Å². The third-order valence-corrected chi connectivity index (χ3v) is 11.4. The van der Waals surface area contributed by atoms with Gasteiger partial charge in [0.15, 0.2) is 0 Å². The van der Waals surface area contributed by atoms with Crippen LogP contribution in [0.3, 0.4) is 0 Å². The predicted molar refractivity (Wildman–Crippen MR) is 223 cm³/mol. The lowest BCUT2D eigenvalue weighted by Gasteiger charge is -2.51. The van der Waals surface area contributed by atoms with Gasteiger partial charge in [-0.1, -0.05) is 175 Å². The zero-order chi connectivity index (χ0) is 34.9. The maximum Gasteiger partial charge on any atom is 0.0815 e. The highest BCUT2D eigenvalue weighted by molar-refractivity contribution is 6.36. The normalized spacial score (nSPS) is 19.2. The van der Waals surface area contributed by atoms with Gasteiger partial charge in [0.1, 0.15) is 0 Å². The molecule has 2 heterocycles. The number of nitrogens with one attached hydrogen (secondary N) is 2. The van der Waals surface area contributed by atoms with E-state index in [-0.39, 0.29) is 18.5 Å². The van der Waals surface area contributed by atoms with Gasteiger partial charge in [-0.15, -0.1) is 0 Å². The second kappa shape index (κ2) is 12.3. The molecule has 11 rings (SSSR count). The molecule has 1 aliphatic carbocycles. The fourth-order valence-corrected chi connectivity index (χ4v) is 8.92. The minimum atomic E-state index is -0.174. The van der Waals surface area contributed by atoms with Crippen LogP contribution in [0.4, 0.5) is 0 Å². The van der Waals surface area contributed by atoms with E-state index < -0.39 is 0 Å². The van der Waals surface area contributed by atoms with Gasteiger partial charge in [0.2, 0.25) is 0 Å². The smallest absolute Gasteiger partial charge is 0.0815 e. The fourth-order valence-electron chi connectivity index (χ4n) is 8.92. The van der Waals surface area contributed by atoms with Crippen molar-refractivity contribution in [1.82, 2.24) is 15.2 Å². The van der Waals surface area contributed by atoms with Crippen LogP contribution in [0.2, 0.25) is 0 Å². The van der Waals surface area contributed by atoms with Crippen molar-refractivity contribution in [2.75, 3.05) is 0 Å². The third kappa shape index (κ3) is 4.95. The minimum Gasteiger partial charge on any atom is -0.624 e. The van der Waals surface area contributed by atoms with Crippen molar-refractivity contribution in [3.05, 3.63) is 192 Å². The first-order valence-electron chi connectivity index (χ1n) is 18.7. The Balaban J connectivity index is 1.11. The Bertz CT molecular complexity index is 2970. The molecular formula is C49H37N4-. The van der Waals surface area contributed by atoms with Gasteiger partial charge >= 0.3 is 0 Å². The molecule has 1 aromatic heterocycles. The topological polar surface area (TPSA) is 43.1 Å². The summed E-state index contributed by atoms with van der Waals surface area (Å²) < 4.78 is 2.50. The molecule has 0 radical (unpaired) electrons. The van der Waals surface area contributed by atoms with Crippen molar-refractivity contribution >= 4 is 64.9 Å². The average molecular weight is 682 g/mol. The maximum atomic E-state index is 5.35. The third-order valence-electron chi connectivity index (χ3n) is 11.4. The summed E-state index contributed by atoms with van der Waals surface area (Å²) in [6.45, 7) is 0. The van der Waals surface area contributed by atoms with Crippen molar-refractivity contribution in [3.63, 3.8) is 0 Å². The van der Waals surface area contributed by atoms with Gasteiger partial charge in [-0.25, -0.2) is 0 Å². The highest BCUT2D eigenvalue weighted by Gasteiger charge is 2.25. The fraction of sp³-hybridized carbons (Fsp3) is 0.102. The minimum absolute atomic E-state index is 0.125. The Hall–Kier alpha value is -6.04. The van der Waals surface area contributed by atoms with Crippen LogP contribution in [0.25, 0.3) is 75.9 Å². The maximum absolute atomic E-state index is 5.35. The largest absolute Gasteiger partial charge is 0.624 e. The first kappa shape index (κ1) is 30.6. The molecule has 3 unspecified atom stereocenters. The van der Waals surface area contributed by atoms with Gasteiger partial charge in [0, 0.05) is 27.2 Å². The summed E-state index contributed by atoms with van der Waals surface area (Å²) in [5.74, 6) is 0. The highest BCUT2D eigenvalue weighted by atomic mass is 15.4. The van der Waals surface area contributed by atoms with Crippen LogP contribution < -0.4 is 10.6 Å². The van der Waals surface area contributed by atoms with Crippen molar-refractivity contribution in [2.24, 2.45) is 0 Å². The van der Waals surface area contributed by atoms with E-state index in [9.17, 15) is 0 Å². The summed E-state index contributed by atoms with van der Waals surface area (Å²) >= 11 is 0.